The van der Waals surface area contributed by atoms with Gasteiger partial charge in [-0.2, -0.15) is 0 Å². The third kappa shape index (κ3) is 3.06. The molecule has 0 aliphatic carbocycles. The molecule has 1 unspecified atom stereocenters. The van der Waals surface area contributed by atoms with Gasteiger partial charge in [0.1, 0.15) is 11.6 Å². The lowest BCUT2D eigenvalue weighted by Crippen LogP contribution is -2.11. The zero-order valence-corrected chi connectivity index (χ0v) is 10.2. The fraction of sp³-hybridized carbons (Fsp3) is 0.200. The predicted octanol–water partition coefficient (Wildman–Crippen LogP) is 4.18. The first-order chi connectivity index (χ1) is 8.66. The minimum Gasteiger partial charge on any atom is -0.382 e. The largest absolute Gasteiger partial charge is 0.382 e. The molecule has 1 nitrogen and oxygen atoms in total. The van der Waals surface area contributed by atoms with E-state index in [1.54, 1.807) is 0 Å². The lowest BCUT2D eigenvalue weighted by atomic mass is 10.0. The van der Waals surface area contributed by atoms with Crippen molar-refractivity contribution in [2.45, 2.75) is 12.8 Å². The fourth-order valence-electron chi connectivity index (χ4n) is 1.80. The van der Waals surface area contributed by atoms with Gasteiger partial charge >= 0.3 is 0 Å². The maximum atomic E-state index is 13.4. The van der Waals surface area contributed by atoms with E-state index < -0.39 is 11.6 Å². The van der Waals surface area contributed by atoms with Crippen LogP contribution in [0.4, 0.5) is 14.5 Å². The number of rotatable bonds is 4. The second-order valence-corrected chi connectivity index (χ2v) is 4.32. The maximum absolute atomic E-state index is 13.4. The monoisotopic (exact) mass is 247 g/mol. The Bertz CT molecular complexity index is 511. The zero-order chi connectivity index (χ0) is 13.0. The Hall–Kier alpha value is -1.90. The summed E-state index contributed by atoms with van der Waals surface area (Å²) in [7, 11) is 0. The predicted molar refractivity (Wildman–Crippen MR) is 69.7 cm³/mol. The van der Waals surface area contributed by atoms with Gasteiger partial charge in [0.05, 0.1) is 5.69 Å². The summed E-state index contributed by atoms with van der Waals surface area (Å²) in [5.74, 6) is -0.642. The van der Waals surface area contributed by atoms with Crippen LogP contribution >= 0.6 is 0 Å². The SMILES string of the molecule is CC(CNc1cc(F)ccc1F)c1ccccc1. The average molecular weight is 247 g/mol. The van der Waals surface area contributed by atoms with Crippen LogP contribution < -0.4 is 5.32 Å². The molecule has 0 spiro atoms. The fourth-order valence-corrected chi connectivity index (χ4v) is 1.80. The number of anilines is 1. The Labute approximate surface area is 105 Å². The molecule has 0 aliphatic heterocycles. The van der Waals surface area contributed by atoms with Crippen LogP contribution in [0, 0.1) is 11.6 Å². The summed E-state index contributed by atoms with van der Waals surface area (Å²) in [5.41, 5.74) is 1.37. The quantitative estimate of drug-likeness (QED) is 0.854. The minimum absolute atomic E-state index is 0.206. The van der Waals surface area contributed by atoms with E-state index in [-0.39, 0.29) is 11.6 Å². The molecule has 1 N–H and O–H groups in total. The molecule has 0 aromatic heterocycles. The summed E-state index contributed by atoms with van der Waals surface area (Å²) in [4.78, 5) is 0. The van der Waals surface area contributed by atoms with Gasteiger partial charge in [0, 0.05) is 6.54 Å². The van der Waals surface area contributed by atoms with E-state index in [1.165, 1.54) is 11.6 Å². The lowest BCUT2D eigenvalue weighted by Gasteiger charge is -2.14. The van der Waals surface area contributed by atoms with E-state index in [9.17, 15) is 8.78 Å². The van der Waals surface area contributed by atoms with Crippen LogP contribution in [0.2, 0.25) is 0 Å². The van der Waals surface area contributed by atoms with Gasteiger partial charge in [-0.25, -0.2) is 8.78 Å². The van der Waals surface area contributed by atoms with Crippen molar-refractivity contribution in [1.82, 2.24) is 0 Å². The third-order valence-corrected chi connectivity index (χ3v) is 2.90. The highest BCUT2D eigenvalue weighted by atomic mass is 19.1. The van der Waals surface area contributed by atoms with Crippen LogP contribution in [0.5, 0.6) is 0 Å². The van der Waals surface area contributed by atoms with Gasteiger partial charge in [-0.1, -0.05) is 37.3 Å². The van der Waals surface area contributed by atoms with Crippen molar-refractivity contribution >= 4 is 5.69 Å². The van der Waals surface area contributed by atoms with Crippen molar-refractivity contribution in [2.75, 3.05) is 11.9 Å². The van der Waals surface area contributed by atoms with Crippen molar-refractivity contribution in [2.24, 2.45) is 0 Å². The molecule has 0 aliphatic rings. The smallest absolute Gasteiger partial charge is 0.146 e. The van der Waals surface area contributed by atoms with Crippen LogP contribution in [0.3, 0.4) is 0 Å². The molecule has 3 heteroatoms. The van der Waals surface area contributed by atoms with E-state index in [0.717, 1.165) is 12.1 Å². The number of hydrogen-bond donors (Lipinski definition) is 1. The Kier molecular flexibility index (Phi) is 3.92. The normalized spacial score (nSPS) is 12.2. The highest BCUT2D eigenvalue weighted by Crippen LogP contribution is 2.19. The molecule has 0 saturated carbocycles. The van der Waals surface area contributed by atoms with Crippen LogP contribution in [0.25, 0.3) is 0 Å². The van der Waals surface area contributed by atoms with Crippen LogP contribution in [-0.4, -0.2) is 6.54 Å². The van der Waals surface area contributed by atoms with Gasteiger partial charge in [0.25, 0.3) is 0 Å². The van der Waals surface area contributed by atoms with Gasteiger partial charge in [0.2, 0.25) is 0 Å². The molecule has 2 aromatic rings. The minimum atomic E-state index is -0.439. The van der Waals surface area contributed by atoms with Crippen LogP contribution in [0.1, 0.15) is 18.4 Å². The second-order valence-electron chi connectivity index (χ2n) is 4.32. The molecule has 2 rings (SSSR count). The number of nitrogens with one attached hydrogen (secondary N) is 1. The van der Waals surface area contributed by atoms with E-state index in [4.69, 9.17) is 0 Å². The molecule has 0 radical (unpaired) electrons. The summed E-state index contributed by atoms with van der Waals surface area (Å²) < 4.78 is 26.4. The molecule has 0 amide bonds. The Morgan fingerprint density at radius 1 is 1.06 bits per heavy atom. The van der Waals surface area contributed by atoms with E-state index in [2.05, 4.69) is 5.32 Å². The summed E-state index contributed by atoms with van der Waals surface area (Å²) >= 11 is 0. The van der Waals surface area contributed by atoms with Gasteiger partial charge in [-0.15, -0.1) is 0 Å². The second kappa shape index (κ2) is 5.63. The molecular formula is C15H15F2N. The van der Waals surface area contributed by atoms with Gasteiger partial charge in [-0.3, -0.25) is 0 Å². The molecule has 0 bridgehead atoms. The van der Waals surface area contributed by atoms with Crippen molar-refractivity contribution in [3.63, 3.8) is 0 Å². The summed E-state index contributed by atoms with van der Waals surface area (Å²) in [6.07, 6.45) is 0. The molecule has 18 heavy (non-hydrogen) atoms. The Balaban J connectivity index is 2.01. The Morgan fingerprint density at radius 3 is 2.50 bits per heavy atom. The molecule has 1 atom stereocenters. The number of halogens is 2. The lowest BCUT2D eigenvalue weighted by molar-refractivity contribution is 0.601. The average Bonchev–Trinajstić information content (AvgIpc) is 2.40. The zero-order valence-electron chi connectivity index (χ0n) is 10.2. The molecule has 0 heterocycles. The van der Waals surface area contributed by atoms with E-state index >= 15 is 0 Å². The molecule has 0 fully saturated rings. The maximum Gasteiger partial charge on any atom is 0.146 e. The highest BCUT2D eigenvalue weighted by molar-refractivity contribution is 5.45. The van der Waals surface area contributed by atoms with Crippen molar-refractivity contribution < 1.29 is 8.78 Å². The van der Waals surface area contributed by atoms with Crippen LogP contribution in [0.15, 0.2) is 48.5 Å². The molecular weight excluding hydrogens is 232 g/mol. The number of benzene rings is 2. The van der Waals surface area contributed by atoms with Crippen molar-refractivity contribution in [3.8, 4) is 0 Å². The Morgan fingerprint density at radius 2 is 1.78 bits per heavy atom. The van der Waals surface area contributed by atoms with Gasteiger partial charge in [0.15, 0.2) is 0 Å². The summed E-state index contributed by atoms with van der Waals surface area (Å²) in [6, 6.07) is 13.3. The van der Waals surface area contributed by atoms with E-state index in [1.807, 2.05) is 37.3 Å². The first kappa shape index (κ1) is 12.6. The van der Waals surface area contributed by atoms with Crippen molar-refractivity contribution in [1.29, 1.82) is 0 Å². The number of hydrogen-bond acceptors (Lipinski definition) is 1. The van der Waals surface area contributed by atoms with Gasteiger partial charge < -0.3 is 5.32 Å². The standard InChI is InChI=1S/C15H15F2N/c1-11(12-5-3-2-4-6-12)10-18-15-9-13(16)7-8-14(15)17/h2-9,11,18H,10H2,1H3. The summed E-state index contributed by atoms with van der Waals surface area (Å²) in [5, 5.41) is 2.94. The summed E-state index contributed by atoms with van der Waals surface area (Å²) in [6.45, 7) is 2.60. The van der Waals surface area contributed by atoms with Crippen LogP contribution in [-0.2, 0) is 0 Å². The molecule has 2 aromatic carbocycles. The van der Waals surface area contributed by atoms with E-state index in [0.29, 0.717) is 6.54 Å². The van der Waals surface area contributed by atoms with Gasteiger partial charge in [-0.05, 0) is 29.7 Å². The third-order valence-electron chi connectivity index (χ3n) is 2.90. The molecule has 0 saturated heterocycles. The highest BCUT2D eigenvalue weighted by Gasteiger charge is 2.07. The molecule has 94 valence electrons. The topological polar surface area (TPSA) is 12.0 Å². The van der Waals surface area contributed by atoms with Crippen molar-refractivity contribution in [3.05, 3.63) is 65.7 Å². The first-order valence-corrected chi connectivity index (χ1v) is 5.90. The first-order valence-electron chi connectivity index (χ1n) is 5.90.